The van der Waals surface area contributed by atoms with Crippen LogP contribution in [0.2, 0.25) is 0 Å². The number of carbonyl (C=O) groups excluding carboxylic acids is 2. The zero-order valence-electron chi connectivity index (χ0n) is 20.0. The Kier molecular flexibility index (Phi) is 7.01. The Morgan fingerprint density at radius 3 is 2.17 bits per heavy atom. The number of anilines is 1. The smallest absolute Gasteiger partial charge is 0.252 e. The van der Waals surface area contributed by atoms with Crippen molar-refractivity contribution in [3.05, 3.63) is 102 Å². The standard InChI is InChI=1S/C27H28N6O2/c1-27(2,3)22-18-23(33(32-22)26-28-15-10-16-29-26)31-24(34)17-21(19-11-6-4-7-12-19)30-25(35)20-13-8-5-9-14-20/h4-16,18,21H,17H2,1-3H3,(H,30,35)(H,31,34). The Bertz CT molecular complexity index is 1280. The molecule has 2 aromatic heterocycles. The van der Waals surface area contributed by atoms with Crippen molar-refractivity contribution in [2.75, 3.05) is 5.32 Å². The van der Waals surface area contributed by atoms with Gasteiger partial charge in [-0.3, -0.25) is 9.59 Å². The highest BCUT2D eigenvalue weighted by molar-refractivity contribution is 5.95. The van der Waals surface area contributed by atoms with E-state index in [1.807, 2.05) is 63.2 Å². The van der Waals surface area contributed by atoms with E-state index in [0.29, 0.717) is 17.3 Å². The Balaban J connectivity index is 1.58. The molecule has 8 heteroatoms. The third-order valence-corrected chi connectivity index (χ3v) is 5.42. The average Bonchev–Trinajstić information content (AvgIpc) is 3.29. The summed E-state index contributed by atoms with van der Waals surface area (Å²) in [6.45, 7) is 6.13. The van der Waals surface area contributed by atoms with Gasteiger partial charge in [0.15, 0.2) is 0 Å². The number of nitrogens with one attached hydrogen (secondary N) is 2. The lowest BCUT2D eigenvalue weighted by molar-refractivity contribution is -0.116. The molecule has 0 aliphatic carbocycles. The van der Waals surface area contributed by atoms with Gasteiger partial charge in [0.05, 0.1) is 18.2 Å². The predicted molar refractivity (Wildman–Crippen MR) is 134 cm³/mol. The maximum atomic E-state index is 13.2. The van der Waals surface area contributed by atoms with Gasteiger partial charge in [-0.2, -0.15) is 9.78 Å². The molecule has 2 N–H and O–H groups in total. The molecule has 0 saturated carbocycles. The van der Waals surface area contributed by atoms with Gasteiger partial charge in [0.25, 0.3) is 11.9 Å². The molecule has 35 heavy (non-hydrogen) atoms. The molecule has 0 aliphatic heterocycles. The zero-order valence-corrected chi connectivity index (χ0v) is 20.0. The van der Waals surface area contributed by atoms with Gasteiger partial charge in [0.1, 0.15) is 5.82 Å². The molecule has 1 unspecified atom stereocenters. The van der Waals surface area contributed by atoms with Crippen LogP contribution in [-0.4, -0.2) is 31.6 Å². The van der Waals surface area contributed by atoms with Crippen LogP contribution in [0.25, 0.3) is 5.95 Å². The van der Waals surface area contributed by atoms with Crippen LogP contribution in [0.4, 0.5) is 5.82 Å². The predicted octanol–water partition coefficient (Wildman–Crippen LogP) is 4.46. The molecule has 0 saturated heterocycles. The van der Waals surface area contributed by atoms with Gasteiger partial charge in [-0.1, -0.05) is 69.3 Å². The normalized spacial score (nSPS) is 12.1. The van der Waals surface area contributed by atoms with Gasteiger partial charge in [-0.05, 0) is 23.8 Å². The minimum absolute atomic E-state index is 0.0360. The van der Waals surface area contributed by atoms with E-state index in [1.54, 1.807) is 42.7 Å². The van der Waals surface area contributed by atoms with Gasteiger partial charge in [-0.15, -0.1) is 0 Å². The summed E-state index contributed by atoms with van der Waals surface area (Å²) < 4.78 is 1.53. The molecule has 8 nitrogen and oxygen atoms in total. The fraction of sp³-hybridized carbons (Fsp3) is 0.222. The molecular formula is C27H28N6O2. The number of nitrogens with zero attached hydrogens (tertiary/aromatic N) is 4. The molecule has 0 bridgehead atoms. The maximum absolute atomic E-state index is 13.2. The molecule has 1 atom stereocenters. The van der Waals surface area contributed by atoms with E-state index in [0.717, 1.165) is 11.3 Å². The Morgan fingerprint density at radius 2 is 1.54 bits per heavy atom. The van der Waals surface area contributed by atoms with E-state index in [4.69, 9.17) is 0 Å². The number of carbonyl (C=O) groups is 2. The molecular weight excluding hydrogens is 440 g/mol. The summed E-state index contributed by atoms with van der Waals surface area (Å²) in [5.74, 6) is 0.303. The molecule has 178 valence electrons. The summed E-state index contributed by atoms with van der Waals surface area (Å²) in [4.78, 5) is 34.6. The quantitative estimate of drug-likeness (QED) is 0.417. The molecule has 0 radical (unpaired) electrons. The highest BCUT2D eigenvalue weighted by Crippen LogP contribution is 2.26. The van der Waals surface area contributed by atoms with Gasteiger partial charge in [0.2, 0.25) is 5.91 Å². The van der Waals surface area contributed by atoms with E-state index in [2.05, 4.69) is 25.7 Å². The SMILES string of the molecule is CC(C)(C)c1cc(NC(=O)CC(NC(=O)c2ccccc2)c2ccccc2)n(-c2ncccn2)n1. The van der Waals surface area contributed by atoms with Crippen molar-refractivity contribution in [1.82, 2.24) is 25.1 Å². The van der Waals surface area contributed by atoms with Crippen molar-refractivity contribution >= 4 is 17.6 Å². The summed E-state index contributed by atoms with van der Waals surface area (Å²) in [6, 6.07) is 21.4. The van der Waals surface area contributed by atoms with E-state index in [-0.39, 0.29) is 23.7 Å². The monoisotopic (exact) mass is 468 g/mol. The fourth-order valence-corrected chi connectivity index (χ4v) is 3.54. The zero-order chi connectivity index (χ0) is 24.8. The Morgan fingerprint density at radius 1 is 0.914 bits per heavy atom. The minimum atomic E-state index is -0.518. The van der Waals surface area contributed by atoms with Crippen molar-refractivity contribution in [2.45, 2.75) is 38.6 Å². The van der Waals surface area contributed by atoms with Crippen molar-refractivity contribution in [2.24, 2.45) is 0 Å². The van der Waals surface area contributed by atoms with Gasteiger partial charge in [-0.25, -0.2) is 9.97 Å². The van der Waals surface area contributed by atoms with Gasteiger partial charge >= 0.3 is 0 Å². The van der Waals surface area contributed by atoms with Gasteiger partial charge in [0, 0.05) is 29.4 Å². The summed E-state index contributed by atoms with van der Waals surface area (Å²) in [6.07, 6.45) is 3.28. The van der Waals surface area contributed by atoms with Crippen LogP contribution >= 0.6 is 0 Å². The topological polar surface area (TPSA) is 102 Å². The van der Waals surface area contributed by atoms with Crippen LogP contribution in [0.15, 0.2) is 85.2 Å². The Labute approximate surface area is 204 Å². The molecule has 2 amide bonds. The highest BCUT2D eigenvalue weighted by Gasteiger charge is 2.24. The van der Waals surface area contributed by atoms with Crippen molar-refractivity contribution < 1.29 is 9.59 Å². The first-order chi connectivity index (χ1) is 16.8. The number of rotatable bonds is 7. The van der Waals surface area contributed by atoms with E-state index < -0.39 is 6.04 Å². The molecule has 4 aromatic rings. The lowest BCUT2D eigenvalue weighted by Crippen LogP contribution is -2.31. The molecule has 2 heterocycles. The summed E-state index contributed by atoms with van der Waals surface area (Å²) in [7, 11) is 0. The van der Waals surface area contributed by atoms with Crippen molar-refractivity contribution in [1.29, 1.82) is 0 Å². The van der Waals surface area contributed by atoms with Crippen LogP contribution in [0.1, 0.15) is 54.8 Å². The first kappa shape index (κ1) is 23.8. The number of aromatic nitrogens is 4. The minimum Gasteiger partial charge on any atom is -0.345 e. The lowest BCUT2D eigenvalue weighted by Gasteiger charge is -2.19. The number of benzene rings is 2. The molecule has 0 spiro atoms. The second kappa shape index (κ2) is 10.3. The fourth-order valence-electron chi connectivity index (χ4n) is 3.54. The maximum Gasteiger partial charge on any atom is 0.252 e. The number of hydrogen-bond donors (Lipinski definition) is 2. The van der Waals surface area contributed by atoms with Gasteiger partial charge < -0.3 is 10.6 Å². The second-order valence-electron chi connectivity index (χ2n) is 9.18. The average molecular weight is 469 g/mol. The summed E-state index contributed by atoms with van der Waals surface area (Å²) in [5.41, 5.74) is 1.91. The first-order valence-electron chi connectivity index (χ1n) is 11.4. The summed E-state index contributed by atoms with van der Waals surface area (Å²) in [5, 5.41) is 10.6. The Hall–Kier alpha value is -4.33. The third-order valence-electron chi connectivity index (χ3n) is 5.42. The molecule has 4 rings (SSSR count). The largest absolute Gasteiger partial charge is 0.345 e. The van der Waals surface area contributed by atoms with E-state index >= 15 is 0 Å². The van der Waals surface area contributed by atoms with E-state index in [9.17, 15) is 9.59 Å². The van der Waals surface area contributed by atoms with Crippen LogP contribution in [0.5, 0.6) is 0 Å². The van der Waals surface area contributed by atoms with Crippen molar-refractivity contribution in [3.63, 3.8) is 0 Å². The first-order valence-corrected chi connectivity index (χ1v) is 11.4. The number of hydrogen-bond acceptors (Lipinski definition) is 5. The lowest BCUT2D eigenvalue weighted by atomic mass is 9.92. The van der Waals surface area contributed by atoms with Crippen LogP contribution in [0, 0.1) is 0 Å². The van der Waals surface area contributed by atoms with Crippen molar-refractivity contribution in [3.8, 4) is 5.95 Å². The molecule has 2 aromatic carbocycles. The summed E-state index contributed by atoms with van der Waals surface area (Å²) >= 11 is 0. The van der Waals surface area contributed by atoms with Crippen LogP contribution in [0.3, 0.4) is 0 Å². The van der Waals surface area contributed by atoms with Crippen LogP contribution < -0.4 is 10.6 Å². The third kappa shape index (κ3) is 5.97. The second-order valence-corrected chi connectivity index (χ2v) is 9.18. The van der Waals surface area contributed by atoms with Crippen LogP contribution in [-0.2, 0) is 10.2 Å². The molecule has 0 fully saturated rings. The number of amides is 2. The molecule has 0 aliphatic rings. The van der Waals surface area contributed by atoms with E-state index in [1.165, 1.54) is 4.68 Å². The highest BCUT2D eigenvalue weighted by atomic mass is 16.2.